The summed E-state index contributed by atoms with van der Waals surface area (Å²) in [5, 5.41) is 7.66. The third kappa shape index (κ3) is 4.56. The van der Waals surface area contributed by atoms with Crippen LogP contribution in [-0.2, 0) is 17.6 Å². The Hall–Kier alpha value is -0.940. The molecule has 1 heterocycles. The van der Waals surface area contributed by atoms with Crippen molar-refractivity contribution in [3.8, 4) is 0 Å². The lowest BCUT2D eigenvalue weighted by molar-refractivity contribution is 0.194. The Labute approximate surface area is 121 Å². The Balaban J connectivity index is 1.84. The number of nitrogens with zero attached hydrogens (tertiary/aromatic N) is 2. The summed E-state index contributed by atoms with van der Waals surface area (Å²) < 4.78 is 10.4. The molecule has 0 aliphatic heterocycles. The number of methoxy groups -OCH3 is 1. The molecule has 2 rings (SSSR count). The van der Waals surface area contributed by atoms with Gasteiger partial charge in [-0.1, -0.05) is 24.9 Å². The first kappa shape index (κ1) is 15.4. The molecule has 1 aliphatic carbocycles. The van der Waals surface area contributed by atoms with Gasteiger partial charge in [-0.2, -0.15) is 4.98 Å². The Morgan fingerprint density at radius 2 is 2.20 bits per heavy atom. The quantitative estimate of drug-likeness (QED) is 0.741. The summed E-state index contributed by atoms with van der Waals surface area (Å²) in [6, 6.07) is 0.609. The van der Waals surface area contributed by atoms with Crippen molar-refractivity contribution in [3.05, 3.63) is 11.7 Å². The second kappa shape index (κ2) is 8.37. The second-order valence-electron chi connectivity index (χ2n) is 5.61. The number of nitrogens with one attached hydrogen (secondary N) is 1. The molecule has 0 spiro atoms. The zero-order valence-electron chi connectivity index (χ0n) is 12.7. The standard InChI is InChI=1S/C15H27N3O2/c1-3-16-13-8-5-4-7-12(13)11-15-17-14(18-20-15)9-6-10-19-2/h12-13,16H,3-11H2,1-2H3. The topological polar surface area (TPSA) is 60.2 Å². The lowest BCUT2D eigenvalue weighted by Crippen LogP contribution is -2.39. The van der Waals surface area contributed by atoms with Gasteiger partial charge in [-0.3, -0.25) is 0 Å². The van der Waals surface area contributed by atoms with Gasteiger partial charge in [-0.15, -0.1) is 0 Å². The molecule has 5 heteroatoms. The fourth-order valence-electron chi connectivity index (χ4n) is 3.06. The first-order valence-corrected chi connectivity index (χ1v) is 7.87. The summed E-state index contributed by atoms with van der Waals surface area (Å²) in [6.45, 7) is 3.95. The van der Waals surface area contributed by atoms with Crippen LogP contribution >= 0.6 is 0 Å². The first-order chi connectivity index (χ1) is 9.83. The van der Waals surface area contributed by atoms with Gasteiger partial charge in [0.2, 0.25) is 5.89 Å². The molecule has 0 amide bonds. The third-order valence-corrected chi connectivity index (χ3v) is 4.07. The zero-order chi connectivity index (χ0) is 14.2. The zero-order valence-corrected chi connectivity index (χ0v) is 12.7. The molecule has 1 aromatic heterocycles. The number of aromatic nitrogens is 2. The number of rotatable bonds is 8. The van der Waals surface area contributed by atoms with Gasteiger partial charge in [-0.05, 0) is 31.7 Å². The average Bonchev–Trinajstić information content (AvgIpc) is 2.89. The van der Waals surface area contributed by atoms with Gasteiger partial charge in [-0.25, -0.2) is 0 Å². The van der Waals surface area contributed by atoms with E-state index in [-0.39, 0.29) is 0 Å². The molecule has 0 radical (unpaired) electrons. The maximum absolute atomic E-state index is 5.39. The van der Waals surface area contributed by atoms with E-state index < -0.39 is 0 Å². The summed E-state index contributed by atoms with van der Waals surface area (Å²) in [6.07, 6.45) is 7.88. The summed E-state index contributed by atoms with van der Waals surface area (Å²) in [5.41, 5.74) is 0. The van der Waals surface area contributed by atoms with Crippen LogP contribution in [0.25, 0.3) is 0 Å². The van der Waals surface area contributed by atoms with Crippen LogP contribution in [-0.4, -0.2) is 36.4 Å². The predicted molar refractivity (Wildman–Crippen MR) is 77.6 cm³/mol. The molecule has 1 fully saturated rings. The summed E-state index contributed by atoms with van der Waals surface area (Å²) in [5.74, 6) is 2.25. The maximum Gasteiger partial charge on any atom is 0.226 e. The van der Waals surface area contributed by atoms with Crippen molar-refractivity contribution in [2.45, 2.75) is 57.9 Å². The van der Waals surface area contributed by atoms with E-state index in [0.717, 1.165) is 44.1 Å². The highest BCUT2D eigenvalue weighted by Crippen LogP contribution is 2.27. The van der Waals surface area contributed by atoms with E-state index in [0.29, 0.717) is 12.0 Å². The smallest absolute Gasteiger partial charge is 0.226 e. The highest BCUT2D eigenvalue weighted by atomic mass is 16.5. The fraction of sp³-hybridized carbons (Fsp3) is 0.867. The van der Waals surface area contributed by atoms with E-state index in [4.69, 9.17) is 9.26 Å². The van der Waals surface area contributed by atoms with Gasteiger partial charge in [0, 0.05) is 32.6 Å². The van der Waals surface area contributed by atoms with Crippen molar-refractivity contribution in [3.63, 3.8) is 0 Å². The molecule has 1 aliphatic rings. The minimum Gasteiger partial charge on any atom is -0.385 e. The summed E-state index contributed by atoms with van der Waals surface area (Å²) in [7, 11) is 1.71. The van der Waals surface area contributed by atoms with Crippen LogP contribution in [0.1, 0.15) is 50.7 Å². The molecular weight excluding hydrogens is 254 g/mol. The second-order valence-corrected chi connectivity index (χ2v) is 5.61. The third-order valence-electron chi connectivity index (χ3n) is 4.07. The van der Waals surface area contributed by atoms with Gasteiger partial charge in [0.25, 0.3) is 0 Å². The molecule has 1 saturated carbocycles. The van der Waals surface area contributed by atoms with Gasteiger partial charge in [0.1, 0.15) is 0 Å². The Morgan fingerprint density at radius 3 is 3.00 bits per heavy atom. The van der Waals surface area contributed by atoms with Crippen LogP contribution in [0.5, 0.6) is 0 Å². The van der Waals surface area contributed by atoms with E-state index in [1.54, 1.807) is 7.11 Å². The Morgan fingerprint density at radius 1 is 1.35 bits per heavy atom. The Kier molecular flexibility index (Phi) is 6.47. The SMILES string of the molecule is CCNC1CCCCC1Cc1nc(CCCOC)no1. The Bertz CT molecular complexity index is 379. The molecule has 5 nitrogen and oxygen atoms in total. The fourth-order valence-corrected chi connectivity index (χ4v) is 3.06. The molecule has 2 atom stereocenters. The first-order valence-electron chi connectivity index (χ1n) is 7.87. The van der Waals surface area contributed by atoms with Crippen LogP contribution in [0, 0.1) is 5.92 Å². The van der Waals surface area contributed by atoms with E-state index in [2.05, 4.69) is 22.4 Å². The lowest BCUT2D eigenvalue weighted by Gasteiger charge is -2.31. The largest absolute Gasteiger partial charge is 0.385 e. The van der Waals surface area contributed by atoms with Gasteiger partial charge in [0.15, 0.2) is 5.82 Å². The number of hydrogen-bond donors (Lipinski definition) is 1. The van der Waals surface area contributed by atoms with Crippen molar-refractivity contribution in [1.82, 2.24) is 15.5 Å². The van der Waals surface area contributed by atoms with E-state index in [1.165, 1.54) is 25.7 Å². The van der Waals surface area contributed by atoms with Crippen LogP contribution in [0.15, 0.2) is 4.52 Å². The van der Waals surface area contributed by atoms with Gasteiger partial charge < -0.3 is 14.6 Å². The highest BCUT2D eigenvalue weighted by Gasteiger charge is 2.26. The van der Waals surface area contributed by atoms with Crippen molar-refractivity contribution in [1.29, 1.82) is 0 Å². The van der Waals surface area contributed by atoms with Crippen molar-refractivity contribution in [2.24, 2.45) is 5.92 Å². The number of hydrogen-bond acceptors (Lipinski definition) is 5. The van der Waals surface area contributed by atoms with Crippen molar-refractivity contribution >= 4 is 0 Å². The number of ether oxygens (including phenoxy) is 1. The average molecular weight is 281 g/mol. The minimum absolute atomic E-state index is 0.609. The maximum atomic E-state index is 5.39. The molecule has 20 heavy (non-hydrogen) atoms. The van der Waals surface area contributed by atoms with Crippen LogP contribution in [0.4, 0.5) is 0 Å². The van der Waals surface area contributed by atoms with Gasteiger partial charge >= 0.3 is 0 Å². The summed E-state index contributed by atoms with van der Waals surface area (Å²) >= 11 is 0. The molecule has 1 aromatic rings. The van der Waals surface area contributed by atoms with Crippen molar-refractivity contribution in [2.75, 3.05) is 20.3 Å². The molecule has 1 N–H and O–H groups in total. The normalized spacial score (nSPS) is 23.1. The van der Waals surface area contributed by atoms with E-state index in [9.17, 15) is 0 Å². The lowest BCUT2D eigenvalue weighted by atomic mass is 9.82. The van der Waals surface area contributed by atoms with Gasteiger partial charge in [0.05, 0.1) is 0 Å². The molecular formula is C15H27N3O2. The minimum atomic E-state index is 0.609. The summed E-state index contributed by atoms with van der Waals surface area (Å²) in [4.78, 5) is 4.51. The van der Waals surface area contributed by atoms with Crippen molar-refractivity contribution < 1.29 is 9.26 Å². The molecule has 2 unspecified atom stereocenters. The molecule has 0 saturated heterocycles. The molecule has 114 valence electrons. The predicted octanol–water partition coefficient (Wildman–Crippen LogP) is 2.36. The van der Waals surface area contributed by atoms with Crippen LogP contribution < -0.4 is 5.32 Å². The molecule has 0 bridgehead atoms. The molecule has 0 aromatic carbocycles. The van der Waals surface area contributed by atoms with E-state index in [1.807, 2.05) is 0 Å². The number of aryl methyl sites for hydroxylation is 1. The van der Waals surface area contributed by atoms with Crippen LogP contribution in [0.2, 0.25) is 0 Å². The monoisotopic (exact) mass is 281 g/mol. The van der Waals surface area contributed by atoms with Crippen LogP contribution in [0.3, 0.4) is 0 Å². The highest BCUT2D eigenvalue weighted by molar-refractivity contribution is 4.92. The van der Waals surface area contributed by atoms with E-state index >= 15 is 0 Å².